The third-order valence-corrected chi connectivity index (χ3v) is 5.05. The van der Waals surface area contributed by atoms with Gasteiger partial charge in [-0.25, -0.2) is 0 Å². The lowest BCUT2D eigenvalue weighted by Crippen LogP contribution is -2.29. The van der Waals surface area contributed by atoms with Crippen molar-refractivity contribution in [3.63, 3.8) is 0 Å². The van der Waals surface area contributed by atoms with Gasteiger partial charge in [0.1, 0.15) is 11.5 Å². The molecule has 1 aliphatic carbocycles. The van der Waals surface area contributed by atoms with Gasteiger partial charge in [-0.15, -0.1) is 0 Å². The summed E-state index contributed by atoms with van der Waals surface area (Å²) in [5.74, 6) is 3.32. The zero-order valence-electron chi connectivity index (χ0n) is 12.0. The van der Waals surface area contributed by atoms with Crippen LogP contribution in [0.1, 0.15) is 56.2 Å². The Kier molecular flexibility index (Phi) is 4.79. The number of aryl methyl sites for hydroxylation is 2. The van der Waals surface area contributed by atoms with Crippen molar-refractivity contribution in [1.29, 1.82) is 0 Å². The van der Waals surface area contributed by atoms with E-state index in [0.717, 1.165) is 16.8 Å². The van der Waals surface area contributed by atoms with E-state index >= 15 is 0 Å². The van der Waals surface area contributed by atoms with Crippen molar-refractivity contribution in [2.24, 2.45) is 0 Å². The molecule has 1 aromatic rings. The van der Waals surface area contributed by atoms with Crippen LogP contribution in [-0.2, 0) is 0 Å². The van der Waals surface area contributed by atoms with Gasteiger partial charge in [-0.1, -0.05) is 6.92 Å². The third kappa shape index (κ3) is 3.33. The molecule has 0 aromatic carbocycles. The van der Waals surface area contributed by atoms with Crippen molar-refractivity contribution in [2.45, 2.75) is 64.3 Å². The average molecular weight is 267 g/mol. The first-order chi connectivity index (χ1) is 8.60. The fraction of sp³-hybridized carbons (Fsp3) is 0.733. The summed E-state index contributed by atoms with van der Waals surface area (Å²) >= 11 is 2.11. The molecule has 0 aliphatic heterocycles. The predicted octanol–water partition coefficient (Wildman–Crippen LogP) is 4.22. The molecule has 3 unspecified atom stereocenters. The second-order valence-electron chi connectivity index (χ2n) is 5.34. The summed E-state index contributed by atoms with van der Waals surface area (Å²) in [4.78, 5) is 0. The second kappa shape index (κ2) is 6.16. The van der Waals surface area contributed by atoms with Crippen molar-refractivity contribution in [3.8, 4) is 0 Å². The Morgan fingerprint density at radius 1 is 1.44 bits per heavy atom. The number of rotatable bonds is 5. The molecule has 0 radical (unpaired) electrons. The van der Waals surface area contributed by atoms with Crippen molar-refractivity contribution in [3.05, 3.63) is 23.2 Å². The molecule has 0 amide bonds. The topological polar surface area (TPSA) is 25.2 Å². The van der Waals surface area contributed by atoms with E-state index < -0.39 is 0 Å². The van der Waals surface area contributed by atoms with Crippen LogP contribution in [0.5, 0.6) is 0 Å². The molecule has 1 N–H and O–H groups in total. The lowest BCUT2D eigenvalue weighted by atomic mass is 10.1. The van der Waals surface area contributed by atoms with Crippen LogP contribution in [0.15, 0.2) is 10.5 Å². The fourth-order valence-electron chi connectivity index (χ4n) is 3.00. The molecule has 102 valence electrons. The third-order valence-electron chi connectivity index (χ3n) is 3.82. The van der Waals surface area contributed by atoms with Crippen LogP contribution in [0.3, 0.4) is 0 Å². The van der Waals surface area contributed by atoms with Gasteiger partial charge < -0.3 is 9.73 Å². The van der Waals surface area contributed by atoms with Crippen LogP contribution in [0.2, 0.25) is 0 Å². The van der Waals surface area contributed by atoms with Gasteiger partial charge in [-0.3, -0.25) is 0 Å². The number of thioether (sulfide) groups is 1. The highest BCUT2D eigenvalue weighted by molar-refractivity contribution is 7.99. The average Bonchev–Trinajstić information content (AvgIpc) is 2.86. The van der Waals surface area contributed by atoms with Gasteiger partial charge >= 0.3 is 0 Å². The molecule has 1 heterocycles. The highest BCUT2D eigenvalue weighted by Crippen LogP contribution is 2.31. The minimum Gasteiger partial charge on any atom is -0.466 e. The quantitative estimate of drug-likeness (QED) is 0.864. The fourth-order valence-corrected chi connectivity index (χ4v) is 4.14. The van der Waals surface area contributed by atoms with Crippen molar-refractivity contribution in [1.82, 2.24) is 5.32 Å². The minimum absolute atomic E-state index is 0.401. The summed E-state index contributed by atoms with van der Waals surface area (Å²) < 4.78 is 5.62. The van der Waals surface area contributed by atoms with Gasteiger partial charge in [-0.05, 0) is 51.9 Å². The first kappa shape index (κ1) is 14.0. The van der Waals surface area contributed by atoms with Crippen LogP contribution in [0.4, 0.5) is 0 Å². The van der Waals surface area contributed by atoms with Gasteiger partial charge in [-0.2, -0.15) is 11.8 Å². The van der Waals surface area contributed by atoms with Crippen LogP contribution >= 0.6 is 11.8 Å². The molecule has 2 nitrogen and oxygen atoms in total. The lowest BCUT2D eigenvalue weighted by Gasteiger charge is -2.19. The maximum absolute atomic E-state index is 5.62. The summed E-state index contributed by atoms with van der Waals surface area (Å²) in [5.41, 5.74) is 1.32. The zero-order valence-corrected chi connectivity index (χ0v) is 12.8. The number of hydrogen-bond acceptors (Lipinski definition) is 3. The molecule has 1 aromatic heterocycles. The summed E-state index contributed by atoms with van der Waals surface area (Å²) in [7, 11) is 0. The number of furan rings is 1. The Bertz CT molecular complexity index is 388. The van der Waals surface area contributed by atoms with Crippen LogP contribution in [-0.4, -0.2) is 17.0 Å². The van der Waals surface area contributed by atoms with E-state index in [1.807, 2.05) is 6.92 Å². The molecule has 3 heteroatoms. The Morgan fingerprint density at radius 3 is 2.83 bits per heavy atom. The Hall–Kier alpha value is -0.410. The van der Waals surface area contributed by atoms with Gasteiger partial charge in [0.25, 0.3) is 0 Å². The van der Waals surface area contributed by atoms with Crippen LogP contribution < -0.4 is 5.32 Å². The highest BCUT2D eigenvalue weighted by Gasteiger charge is 2.26. The van der Waals surface area contributed by atoms with E-state index in [1.165, 1.54) is 30.6 Å². The first-order valence-corrected chi connectivity index (χ1v) is 8.09. The highest BCUT2D eigenvalue weighted by atomic mass is 32.2. The largest absolute Gasteiger partial charge is 0.466 e. The lowest BCUT2D eigenvalue weighted by molar-refractivity contribution is 0.449. The smallest absolute Gasteiger partial charge is 0.105 e. The van der Waals surface area contributed by atoms with E-state index in [9.17, 15) is 0 Å². The van der Waals surface area contributed by atoms with E-state index in [1.54, 1.807) is 0 Å². The molecule has 1 fully saturated rings. The van der Waals surface area contributed by atoms with E-state index in [4.69, 9.17) is 4.42 Å². The molecular weight excluding hydrogens is 242 g/mol. The van der Waals surface area contributed by atoms with Crippen molar-refractivity contribution >= 4 is 11.8 Å². The van der Waals surface area contributed by atoms with Crippen LogP contribution in [0.25, 0.3) is 0 Å². The predicted molar refractivity (Wildman–Crippen MR) is 79.3 cm³/mol. The monoisotopic (exact) mass is 267 g/mol. The molecule has 0 bridgehead atoms. The first-order valence-electron chi connectivity index (χ1n) is 7.04. The van der Waals surface area contributed by atoms with Gasteiger partial charge in [0, 0.05) is 22.9 Å². The Balaban J connectivity index is 1.88. The molecule has 18 heavy (non-hydrogen) atoms. The van der Waals surface area contributed by atoms with Gasteiger partial charge in [0.2, 0.25) is 0 Å². The summed E-state index contributed by atoms with van der Waals surface area (Å²) in [5, 5.41) is 4.63. The van der Waals surface area contributed by atoms with E-state index in [-0.39, 0.29) is 0 Å². The summed E-state index contributed by atoms with van der Waals surface area (Å²) in [6, 6.07) is 3.25. The van der Waals surface area contributed by atoms with Gasteiger partial charge in [0.15, 0.2) is 0 Å². The Morgan fingerprint density at radius 2 is 2.22 bits per heavy atom. The molecule has 1 aliphatic rings. The minimum atomic E-state index is 0.401. The molecule has 0 saturated heterocycles. The normalized spacial score (nSPS) is 25.6. The maximum Gasteiger partial charge on any atom is 0.105 e. The number of hydrogen-bond donors (Lipinski definition) is 1. The summed E-state index contributed by atoms with van der Waals surface area (Å²) in [6.07, 6.45) is 4.00. The number of nitrogens with one attached hydrogen (secondary N) is 1. The molecule has 1 saturated carbocycles. The molecule has 2 rings (SSSR count). The van der Waals surface area contributed by atoms with E-state index in [2.05, 4.69) is 43.9 Å². The maximum atomic E-state index is 5.62. The standard InChI is InChI=1S/C15H25NOS/c1-5-18-14-7-6-13(9-14)16-11(3)15-8-10(2)17-12(15)4/h8,11,13-14,16H,5-7,9H2,1-4H3. The zero-order chi connectivity index (χ0) is 13.1. The Labute approximate surface area is 115 Å². The summed E-state index contributed by atoms with van der Waals surface area (Å²) in [6.45, 7) is 8.58. The van der Waals surface area contributed by atoms with Crippen molar-refractivity contribution in [2.75, 3.05) is 5.75 Å². The van der Waals surface area contributed by atoms with Crippen molar-refractivity contribution < 1.29 is 4.42 Å². The van der Waals surface area contributed by atoms with E-state index in [0.29, 0.717) is 12.1 Å². The van der Waals surface area contributed by atoms with Gasteiger partial charge in [0.05, 0.1) is 0 Å². The molecule has 3 atom stereocenters. The molecule has 0 spiro atoms. The SMILES string of the molecule is CCSC1CCC(NC(C)c2cc(C)oc2C)C1. The molecular formula is C15H25NOS. The van der Waals surface area contributed by atoms with Crippen LogP contribution in [0, 0.1) is 13.8 Å². The second-order valence-corrected chi connectivity index (χ2v) is 6.92.